The van der Waals surface area contributed by atoms with Gasteiger partial charge in [-0.05, 0) is 19.3 Å². The molecule has 0 bridgehead atoms. The van der Waals surface area contributed by atoms with Gasteiger partial charge in [0, 0.05) is 12.7 Å². The van der Waals surface area contributed by atoms with E-state index in [0.29, 0.717) is 12.3 Å². The van der Waals surface area contributed by atoms with Crippen molar-refractivity contribution >= 4 is 11.6 Å². The summed E-state index contributed by atoms with van der Waals surface area (Å²) >= 11 is 5.57. The van der Waals surface area contributed by atoms with E-state index in [1.54, 1.807) is 0 Å². The zero-order valence-corrected chi connectivity index (χ0v) is 8.50. The number of aromatic nitrogens is 2. The van der Waals surface area contributed by atoms with Crippen molar-refractivity contribution in [2.24, 2.45) is 0 Å². The molecule has 1 aliphatic rings. The third kappa shape index (κ3) is 1.91. The molecule has 0 spiro atoms. The summed E-state index contributed by atoms with van der Waals surface area (Å²) in [7, 11) is 0. The molecule has 1 aromatic rings. The highest BCUT2D eigenvalue weighted by molar-refractivity contribution is 6.16. The Morgan fingerprint density at radius 1 is 1.64 bits per heavy atom. The monoisotopic (exact) mass is 218 g/mol. The molecule has 1 aliphatic heterocycles. The fraction of sp³-hybridized carbons (Fsp3) is 0.667. The smallest absolute Gasteiger partial charge is 0.214 e. The first-order valence-corrected chi connectivity index (χ1v) is 5.26. The Morgan fingerprint density at radius 3 is 3.07 bits per heavy atom. The van der Waals surface area contributed by atoms with E-state index in [4.69, 9.17) is 16.3 Å². The van der Waals surface area contributed by atoms with Gasteiger partial charge in [0.05, 0.1) is 11.6 Å². The van der Waals surface area contributed by atoms with Gasteiger partial charge in [0.2, 0.25) is 5.95 Å². The summed E-state index contributed by atoms with van der Waals surface area (Å²) in [6.45, 7) is 0.681. The number of rotatable bonds is 2. The fourth-order valence-corrected chi connectivity index (χ4v) is 1.73. The zero-order chi connectivity index (χ0) is 9.97. The lowest BCUT2D eigenvalue weighted by molar-refractivity contribution is -0.0460. The number of alkyl halides is 1. The van der Waals surface area contributed by atoms with Gasteiger partial charge in [-0.15, -0.1) is 11.6 Å². The average molecular weight is 219 g/mol. The van der Waals surface area contributed by atoms with Crippen molar-refractivity contribution in [1.82, 2.24) is 9.78 Å². The van der Waals surface area contributed by atoms with Crippen molar-refractivity contribution in [1.29, 1.82) is 0 Å². The molecule has 0 radical (unpaired) electrons. The number of halogens is 2. The number of ether oxygens (including phenoxy) is 1. The molecule has 3 nitrogen and oxygen atoms in total. The lowest BCUT2D eigenvalue weighted by Crippen LogP contribution is -2.20. The van der Waals surface area contributed by atoms with Crippen LogP contribution >= 0.6 is 11.6 Å². The molecule has 0 aromatic carbocycles. The minimum absolute atomic E-state index is 0.233. The molecule has 2 heterocycles. The maximum atomic E-state index is 13.3. The summed E-state index contributed by atoms with van der Waals surface area (Å²) < 4.78 is 20.1. The van der Waals surface area contributed by atoms with E-state index in [1.807, 2.05) is 0 Å². The largest absolute Gasteiger partial charge is 0.356 e. The van der Waals surface area contributed by atoms with Crippen LogP contribution in [0.1, 0.15) is 31.2 Å². The Morgan fingerprint density at radius 2 is 2.50 bits per heavy atom. The molecule has 1 atom stereocenters. The summed E-state index contributed by atoms with van der Waals surface area (Å²) in [6, 6.07) is 1.35. The van der Waals surface area contributed by atoms with Crippen LogP contribution in [0.4, 0.5) is 4.39 Å². The molecule has 1 fully saturated rings. The van der Waals surface area contributed by atoms with E-state index in [2.05, 4.69) is 5.10 Å². The summed E-state index contributed by atoms with van der Waals surface area (Å²) in [6.07, 6.45) is 2.67. The standard InChI is InChI=1S/C9H12ClFN2O/c10-6-7-5-8(11)13(12-7)9-3-1-2-4-14-9/h5,9H,1-4,6H2. The van der Waals surface area contributed by atoms with Gasteiger partial charge in [-0.25, -0.2) is 4.68 Å². The topological polar surface area (TPSA) is 27.1 Å². The van der Waals surface area contributed by atoms with Crippen molar-refractivity contribution in [3.05, 3.63) is 17.7 Å². The molecular formula is C9H12ClFN2O. The van der Waals surface area contributed by atoms with Gasteiger partial charge in [0.25, 0.3) is 0 Å². The number of nitrogens with zero attached hydrogens (tertiary/aromatic N) is 2. The maximum Gasteiger partial charge on any atom is 0.214 e. The van der Waals surface area contributed by atoms with Gasteiger partial charge < -0.3 is 4.74 Å². The van der Waals surface area contributed by atoms with Crippen molar-refractivity contribution in [2.45, 2.75) is 31.4 Å². The molecule has 5 heteroatoms. The molecule has 0 saturated carbocycles. The fourth-order valence-electron chi connectivity index (χ4n) is 1.60. The summed E-state index contributed by atoms with van der Waals surface area (Å²) in [4.78, 5) is 0. The second-order valence-corrected chi connectivity index (χ2v) is 3.63. The summed E-state index contributed by atoms with van der Waals surface area (Å²) in [5, 5.41) is 4.04. The van der Waals surface area contributed by atoms with Gasteiger partial charge in [-0.2, -0.15) is 9.49 Å². The molecule has 2 rings (SSSR count). The quantitative estimate of drug-likeness (QED) is 0.713. The van der Waals surface area contributed by atoms with Gasteiger partial charge in [0.1, 0.15) is 0 Å². The van der Waals surface area contributed by atoms with E-state index in [9.17, 15) is 4.39 Å². The highest BCUT2D eigenvalue weighted by Crippen LogP contribution is 2.23. The molecule has 0 aliphatic carbocycles. The second kappa shape index (κ2) is 4.28. The van der Waals surface area contributed by atoms with Gasteiger partial charge in [0.15, 0.2) is 6.23 Å². The number of hydrogen-bond donors (Lipinski definition) is 0. The SMILES string of the molecule is Fc1cc(CCl)nn1C1CCCCO1. The van der Waals surface area contributed by atoms with E-state index in [1.165, 1.54) is 10.7 Å². The lowest BCUT2D eigenvalue weighted by Gasteiger charge is -2.22. The van der Waals surface area contributed by atoms with E-state index < -0.39 is 0 Å². The van der Waals surface area contributed by atoms with Crippen LogP contribution in [0, 0.1) is 5.95 Å². The molecule has 1 aromatic heterocycles. The lowest BCUT2D eigenvalue weighted by atomic mass is 10.2. The van der Waals surface area contributed by atoms with Crippen LogP contribution < -0.4 is 0 Å². The average Bonchev–Trinajstić information content (AvgIpc) is 2.61. The molecule has 1 saturated heterocycles. The van der Waals surface area contributed by atoms with Crippen molar-refractivity contribution in [2.75, 3.05) is 6.61 Å². The van der Waals surface area contributed by atoms with Crippen LogP contribution in [-0.2, 0) is 10.6 Å². The normalized spacial score (nSPS) is 22.6. The van der Waals surface area contributed by atoms with Crippen molar-refractivity contribution < 1.29 is 9.13 Å². The van der Waals surface area contributed by atoms with Gasteiger partial charge >= 0.3 is 0 Å². The molecule has 14 heavy (non-hydrogen) atoms. The predicted molar refractivity (Wildman–Crippen MR) is 50.6 cm³/mol. The third-order valence-corrected chi connectivity index (χ3v) is 2.58. The first kappa shape index (κ1) is 9.93. The third-order valence-electron chi connectivity index (χ3n) is 2.31. The van der Waals surface area contributed by atoms with Crippen LogP contribution in [0.3, 0.4) is 0 Å². The van der Waals surface area contributed by atoms with Crippen LogP contribution in [-0.4, -0.2) is 16.4 Å². The van der Waals surface area contributed by atoms with Crippen molar-refractivity contribution in [3.63, 3.8) is 0 Å². The first-order chi connectivity index (χ1) is 6.81. The van der Waals surface area contributed by atoms with Gasteiger partial charge in [-0.1, -0.05) is 0 Å². The molecule has 0 N–H and O–H groups in total. The van der Waals surface area contributed by atoms with Gasteiger partial charge in [-0.3, -0.25) is 0 Å². The zero-order valence-electron chi connectivity index (χ0n) is 7.75. The minimum Gasteiger partial charge on any atom is -0.356 e. The molecular weight excluding hydrogens is 207 g/mol. The predicted octanol–water partition coefficient (Wildman–Crippen LogP) is 2.46. The highest BCUT2D eigenvalue weighted by atomic mass is 35.5. The number of hydrogen-bond acceptors (Lipinski definition) is 2. The summed E-state index contributed by atoms with van der Waals surface area (Å²) in [5.74, 6) is -0.135. The van der Waals surface area contributed by atoms with E-state index >= 15 is 0 Å². The molecule has 1 unspecified atom stereocenters. The Balaban J connectivity index is 2.17. The van der Waals surface area contributed by atoms with Crippen LogP contribution in [0.2, 0.25) is 0 Å². The first-order valence-electron chi connectivity index (χ1n) is 4.73. The van der Waals surface area contributed by atoms with Crippen LogP contribution in [0.25, 0.3) is 0 Å². The maximum absolute atomic E-state index is 13.3. The summed E-state index contributed by atoms with van der Waals surface area (Å²) in [5.41, 5.74) is 0.554. The Labute approximate surface area is 86.8 Å². The Kier molecular flexibility index (Phi) is 3.03. The van der Waals surface area contributed by atoms with Crippen LogP contribution in [0.15, 0.2) is 6.07 Å². The van der Waals surface area contributed by atoms with Crippen molar-refractivity contribution in [3.8, 4) is 0 Å². The highest BCUT2D eigenvalue weighted by Gasteiger charge is 2.20. The van der Waals surface area contributed by atoms with Crippen LogP contribution in [0.5, 0.6) is 0 Å². The Bertz CT molecular complexity index is 310. The van der Waals surface area contributed by atoms with E-state index in [0.717, 1.165) is 19.3 Å². The minimum atomic E-state index is -0.368. The second-order valence-electron chi connectivity index (χ2n) is 3.36. The molecule has 0 amide bonds. The molecule has 78 valence electrons. The van der Waals surface area contributed by atoms with E-state index in [-0.39, 0.29) is 18.1 Å². The Hall–Kier alpha value is -0.610.